The van der Waals surface area contributed by atoms with E-state index in [1.54, 1.807) is 19.5 Å². The lowest BCUT2D eigenvalue weighted by Gasteiger charge is -2.32. The normalized spacial score (nSPS) is 15.2. The van der Waals surface area contributed by atoms with E-state index in [-0.39, 0.29) is 11.9 Å². The van der Waals surface area contributed by atoms with E-state index in [2.05, 4.69) is 20.3 Å². The molecular weight excluding hydrogens is 330 g/mol. The molecule has 3 aromatic rings. The molecule has 2 aromatic heterocycles. The Balaban J connectivity index is 1.41. The second kappa shape index (κ2) is 7.03. The van der Waals surface area contributed by atoms with Gasteiger partial charge in [0.1, 0.15) is 0 Å². The molecule has 0 aliphatic carbocycles. The number of aromatic amines is 1. The maximum atomic E-state index is 12.9. The lowest BCUT2D eigenvalue weighted by atomic mass is 10.0. The molecule has 0 saturated carbocycles. The van der Waals surface area contributed by atoms with Gasteiger partial charge in [0.15, 0.2) is 5.82 Å². The number of H-pyrrole nitrogens is 1. The lowest BCUT2D eigenvalue weighted by Crippen LogP contribution is -2.42. The van der Waals surface area contributed by atoms with Crippen LogP contribution in [0.25, 0.3) is 10.9 Å². The zero-order valence-electron chi connectivity index (χ0n) is 14.6. The molecule has 0 radical (unpaired) electrons. The van der Waals surface area contributed by atoms with Gasteiger partial charge >= 0.3 is 0 Å². The zero-order chi connectivity index (χ0) is 17.9. The fourth-order valence-electron chi connectivity index (χ4n) is 3.41. The third-order valence-corrected chi connectivity index (χ3v) is 4.80. The zero-order valence-corrected chi connectivity index (χ0v) is 14.6. The second-order valence-electron chi connectivity index (χ2n) is 6.37. The van der Waals surface area contributed by atoms with Crippen molar-refractivity contribution in [1.29, 1.82) is 0 Å². The molecule has 7 nitrogen and oxygen atoms in total. The Labute approximate surface area is 151 Å². The number of fused-ring (bicyclic) bond motifs is 1. The average molecular weight is 351 g/mol. The summed E-state index contributed by atoms with van der Waals surface area (Å²) in [6.45, 7) is 1.41. The van der Waals surface area contributed by atoms with Crippen LogP contribution in [-0.2, 0) is 0 Å². The van der Waals surface area contributed by atoms with E-state index < -0.39 is 0 Å². The number of amides is 1. The number of anilines is 1. The molecule has 1 amide bonds. The molecule has 134 valence electrons. The van der Waals surface area contributed by atoms with Crippen LogP contribution in [0.5, 0.6) is 5.88 Å². The number of ether oxygens (including phenoxy) is 1. The maximum Gasteiger partial charge on any atom is 0.257 e. The van der Waals surface area contributed by atoms with E-state index in [4.69, 9.17) is 4.74 Å². The minimum atomic E-state index is 0.0815. The summed E-state index contributed by atoms with van der Waals surface area (Å²) < 4.78 is 5.23. The Hall–Kier alpha value is -3.09. The SMILES string of the molecule is COc1nccnc1NC1CCN(C(=O)c2c[nH]c3ccccc23)CC1. The highest BCUT2D eigenvalue weighted by molar-refractivity contribution is 6.06. The molecule has 0 atom stereocenters. The molecular formula is C19H21N5O2. The van der Waals surface area contributed by atoms with Gasteiger partial charge in [-0.05, 0) is 18.9 Å². The van der Waals surface area contributed by atoms with Crippen molar-refractivity contribution in [3.8, 4) is 5.88 Å². The minimum Gasteiger partial charge on any atom is -0.478 e. The molecule has 2 N–H and O–H groups in total. The number of benzene rings is 1. The van der Waals surface area contributed by atoms with Gasteiger partial charge in [-0.15, -0.1) is 0 Å². The van der Waals surface area contributed by atoms with E-state index in [9.17, 15) is 4.79 Å². The van der Waals surface area contributed by atoms with Crippen molar-refractivity contribution in [2.24, 2.45) is 0 Å². The Morgan fingerprint density at radius 1 is 1.23 bits per heavy atom. The van der Waals surface area contributed by atoms with Crippen molar-refractivity contribution in [3.63, 3.8) is 0 Å². The Bertz CT molecular complexity index is 915. The molecule has 1 aromatic carbocycles. The van der Waals surface area contributed by atoms with Gasteiger partial charge in [0, 0.05) is 48.6 Å². The maximum absolute atomic E-state index is 12.9. The Kier molecular flexibility index (Phi) is 4.43. The molecule has 1 fully saturated rings. The van der Waals surface area contributed by atoms with Crippen LogP contribution in [0, 0.1) is 0 Å². The molecule has 26 heavy (non-hydrogen) atoms. The van der Waals surface area contributed by atoms with Crippen molar-refractivity contribution in [1.82, 2.24) is 19.9 Å². The van der Waals surface area contributed by atoms with Crippen LogP contribution in [-0.4, -0.2) is 52.0 Å². The van der Waals surface area contributed by atoms with Crippen LogP contribution in [0.2, 0.25) is 0 Å². The molecule has 0 unspecified atom stereocenters. The molecule has 0 bridgehead atoms. The van der Waals surface area contributed by atoms with E-state index in [1.165, 1.54) is 0 Å². The summed E-state index contributed by atoms with van der Waals surface area (Å²) in [6.07, 6.45) is 6.76. The fourth-order valence-corrected chi connectivity index (χ4v) is 3.41. The van der Waals surface area contributed by atoms with E-state index in [1.807, 2.05) is 35.4 Å². The highest BCUT2D eigenvalue weighted by Crippen LogP contribution is 2.24. The first-order valence-corrected chi connectivity index (χ1v) is 8.73. The highest BCUT2D eigenvalue weighted by atomic mass is 16.5. The number of hydrogen-bond acceptors (Lipinski definition) is 5. The first-order valence-electron chi connectivity index (χ1n) is 8.73. The van der Waals surface area contributed by atoms with Crippen LogP contribution >= 0.6 is 0 Å². The van der Waals surface area contributed by atoms with Crippen molar-refractivity contribution < 1.29 is 9.53 Å². The quantitative estimate of drug-likeness (QED) is 0.755. The predicted molar refractivity (Wildman–Crippen MR) is 99.4 cm³/mol. The van der Waals surface area contributed by atoms with Crippen LogP contribution in [0.4, 0.5) is 5.82 Å². The van der Waals surface area contributed by atoms with Crippen LogP contribution in [0.1, 0.15) is 23.2 Å². The predicted octanol–water partition coefficient (Wildman–Crippen LogP) is 2.68. The number of carbonyl (C=O) groups excluding carboxylic acids is 1. The number of nitrogens with one attached hydrogen (secondary N) is 2. The molecule has 7 heteroatoms. The monoisotopic (exact) mass is 351 g/mol. The number of piperidine rings is 1. The molecule has 4 rings (SSSR count). The first-order chi connectivity index (χ1) is 12.8. The van der Waals surface area contributed by atoms with Crippen molar-refractivity contribution in [3.05, 3.63) is 48.4 Å². The summed E-state index contributed by atoms with van der Waals surface area (Å²) in [7, 11) is 1.58. The summed E-state index contributed by atoms with van der Waals surface area (Å²) in [4.78, 5) is 26.4. The van der Waals surface area contributed by atoms with E-state index in [0.717, 1.165) is 29.3 Å². The minimum absolute atomic E-state index is 0.0815. The van der Waals surface area contributed by atoms with Gasteiger partial charge in [-0.3, -0.25) is 4.79 Å². The summed E-state index contributed by atoms with van der Waals surface area (Å²) in [5.41, 5.74) is 1.73. The second-order valence-corrected chi connectivity index (χ2v) is 6.37. The van der Waals surface area contributed by atoms with Gasteiger partial charge in [-0.1, -0.05) is 18.2 Å². The number of carbonyl (C=O) groups is 1. The number of hydrogen-bond donors (Lipinski definition) is 2. The summed E-state index contributed by atoms with van der Waals surface area (Å²) >= 11 is 0. The molecule has 0 spiro atoms. The van der Waals surface area contributed by atoms with Gasteiger partial charge in [0.2, 0.25) is 0 Å². The number of nitrogens with zero attached hydrogens (tertiary/aromatic N) is 3. The third-order valence-electron chi connectivity index (χ3n) is 4.80. The number of aromatic nitrogens is 3. The third kappa shape index (κ3) is 3.08. The van der Waals surface area contributed by atoms with Crippen molar-refractivity contribution >= 4 is 22.6 Å². The van der Waals surface area contributed by atoms with Crippen molar-refractivity contribution in [2.45, 2.75) is 18.9 Å². The molecule has 3 heterocycles. The van der Waals surface area contributed by atoms with Crippen LogP contribution in [0.3, 0.4) is 0 Å². The smallest absolute Gasteiger partial charge is 0.257 e. The summed E-state index contributed by atoms with van der Waals surface area (Å²) in [6, 6.07) is 8.12. The van der Waals surface area contributed by atoms with Crippen LogP contribution in [0.15, 0.2) is 42.9 Å². The van der Waals surface area contributed by atoms with Gasteiger partial charge in [0.25, 0.3) is 11.8 Å². The Morgan fingerprint density at radius 2 is 2.00 bits per heavy atom. The van der Waals surface area contributed by atoms with Crippen LogP contribution < -0.4 is 10.1 Å². The fraction of sp³-hybridized carbons (Fsp3) is 0.316. The standard InChI is InChI=1S/C19H21N5O2/c1-26-18-17(20-8-9-21-18)23-13-6-10-24(11-7-13)19(25)15-12-22-16-5-3-2-4-14(15)16/h2-5,8-9,12-13,22H,6-7,10-11H2,1H3,(H,20,23). The molecule has 1 aliphatic heterocycles. The molecule has 1 aliphatic rings. The van der Waals surface area contributed by atoms with E-state index in [0.29, 0.717) is 24.8 Å². The number of para-hydroxylation sites is 1. The first kappa shape index (κ1) is 16.4. The number of methoxy groups -OCH3 is 1. The summed E-state index contributed by atoms with van der Waals surface area (Å²) in [5, 5.41) is 4.36. The summed E-state index contributed by atoms with van der Waals surface area (Å²) in [5.74, 6) is 1.22. The average Bonchev–Trinajstić information content (AvgIpc) is 3.12. The number of rotatable bonds is 4. The van der Waals surface area contributed by atoms with Gasteiger partial charge in [-0.25, -0.2) is 9.97 Å². The molecule has 1 saturated heterocycles. The lowest BCUT2D eigenvalue weighted by molar-refractivity contribution is 0.0720. The highest BCUT2D eigenvalue weighted by Gasteiger charge is 2.25. The number of likely N-dealkylation sites (tertiary alicyclic amines) is 1. The Morgan fingerprint density at radius 3 is 2.81 bits per heavy atom. The van der Waals surface area contributed by atoms with Gasteiger partial charge < -0.3 is 19.9 Å². The topological polar surface area (TPSA) is 83.1 Å². The largest absolute Gasteiger partial charge is 0.478 e. The van der Waals surface area contributed by atoms with Crippen molar-refractivity contribution in [2.75, 3.05) is 25.5 Å². The van der Waals surface area contributed by atoms with Gasteiger partial charge in [0.05, 0.1) is 12.7 Å². The van der Waals surface area contributed by atoms with Gasteiger partial charge in [-0.2, -0.15) is 0 Å². The van der Waals surface area contributed by atoms with E-state index >= 15 is 0 Å².